The van der Waals surface area contributed by atoms with Gasteiger partial charge in [0.15, 0.2) is 24.2 Å². The van der Waals surface area contributed by atoms with E-state index in [0.29, 0.717) is 23.1 Å². The van der Waals surface area contributed by atoms with Crippen molar-refractivity contribution >= 4 is 17.1 Å². The van der Waals surface area contributed by atoms with Crippen molar-refractivity contribution in [2.45, 2.75) is 43.1 Å². The molecule has 0 unspecified atom stereocenters. The maximum Gasteiger partial charge on any atom is 0.338 e. The summed E-state index contributed by atoms with van der Waals surface area (Å²) in [5, 5.41) is 0. The van der Waals surface area contributed by atoms with Gasteiger partial charge in [0.1, 0.15) is 23.5 Å². The number of carbonyl (C=O) groups is 1. The Kier molecular flexibility index (Phi) is 9.83. The molecule has 0 aliphatic carbocycles. The van der Waals surface area contributed by atoms with E-state index in [9.17, 15) is 4.79 Å². The fourth-order valence-corrected chi connectivity index (χ4v) is 7.11. The number of alkyl halides is 1. The number of ether oxygens (including phenoxy) is 3. The Labute approximate surface area is 306 Å². The molecule has 1 aliphatic heterocycles. The van der Waals surface area contributed by atoms with E-state index < -0.39 is 36.2 Å². The summed E-state index contributed by atoms with van der Waals surface area (Å²) in [6, 6.07) is 48.4. The molecule has 0 saturated carbocycles. The van der Waals surface area contributed by atoms with Crippen molar-refractivity contribution in [3.8, 4) is 0 Å². The van der Waals surface area contributed by atoms with E-state index in [-0.39, 0.29) is 6.61 Å². The molecule has 2 aromatic heterocycles. The highest BCUT2D eigenvalue weighted by Gasteiger charge is 2.51. The number of nitrogens with zero attached hydrogens (tertiary/aromatic N) is 4. The van der Waals surface area contributed by atoms with E-state index in [4.69, 9.17) is 14.2 Å². The first-order chi connectivity index (χ1) is 26.1. The van der Waals surface area contributed by atoms with Crippen LogP contribution in [0.15, 0.2) is 164 Å². The van der Waals surface area contributed by atoms with Gasteiger partial charge in [0, 0.05) is 0 Å². The smallest absolute Gasteiger partial charge is 0.338 e. The molecule has 9 heteroatoms. The van der Waals surface area contributed by atoms with Crippen LogP contribution in [0.5, 0.6) is 0 Å². The molecule has 5 aromatic carbocycles. The van der Waals surface area contributed by atoms with Gasteiger partial charge < -0.3 is 14.2 Å². The molecular formula is C44H37FN4O4. The Morgan fingerprint density at radius 1 is 0.698 bits per heavy atom. The van der Waals surface area contributed by atoms with Crippen molar-refractivity contribution in [2.24, 2.45) is 0 Å². The van der Waals surface area contributed by atoms with Gasteiger partial charge in [-0.15, -0.1) is 0 Å². The molecule has 8 nitrogen and oxygen atoms in total. The zero-order valence-electron chi connectivity index (χ0n) is 28.8. The number of carbonyl (C=O) groups excluding carboxylic acids is 1. The average Bonchev–Trinajstić information content (AvgIpc) is 3.79. The number of halogens is 1. The fraction of sp³-hybridized carbons (Fsp3) is 0.182. The van der Waals surface area contributed by atoms with Crippen LogP contribution >= 0.6 is 0 Å². The number of esters is 1. The lowest BCUT2D eigenvalue weighted by Gasteiger charge is -2.37. The average molecular weight is 705 g/mol. The highest BCUT2D eigenvalue weighted by Crippen LogP contribution is 2.43. The summed E-state index contributed by atoms with van der Waals surface area (Å²) in [5.41, 5.74) is 4.74. The van der Waals surface area contributed by atoms with Crippen molar-refractivity contribution in [3.63, 3.8) is 0 Å². The van der Waals surface area contributed by atoms with Crippen LogP contribution in [0.1, 0.15) is 44.5 Å². The van der Waals surface area contributed by atoms with E-state index in [1.54, 1.807) is 34.9 Å². The SMILES string of the molecule is O=C(O[C@H]1[C@H](F)[C@H](n2cnc3c(CCc4ccccc4)ncnc32)O[C@H]1COC(c1ccccc1)(c1ccccc1)c1ccccc1)c1ccccc1. The number of hydrogen-bond acceptors (Lipinski definition) is 7. The Morgan fingerprint density at radius 3 is 1.83 bits per heavy atom. The molecule has 1 aliphatic rings. The van der Waals surface area contributed by atoms with Crippen molar-refractivity contribution in [1.82, 2.24) is 19.5 Å². The summed E-state index contributed by atoms with van der Waals surface area (Å²) < 4.78 is 38.1. The Morgan fingerprint density at radius 2 is 1.25 bits per heavy atom. The minimum Gasteiger partial charge on any atom is -0.453 e. The molecule has 1 saturated heterocycles. The second-order valence-corrected chi connectivity index (χ2v) is 13.0. The topological polar surface area (TPSA) is 88.4 Å². The van der Waals surface area contributed by atoms with E-state index in [1.165, 1.54) is 18.2 Å². The number of aryl methyl sites for hydroxylation is 2. The van der Waals surface area contributed by atoms with Crippen LogP contribution in [0.2, 0.25) is 0 Å². The van der Waals surface area contributed by atoms with Crippen LogP contribution in [-0.2, 0) is 32.7 Å². The quantitative estimate of drug-likeness (QED) is 0.0939. The van der Waals surface area contributed by atoms with Gasteiger partial charge in [-0.25, -0.2) is 24.1 Å². The number of hydrogen-bond donors (Lipinski definition) is 0. The van der Waals surface area contributed by atoms with Crippen molar-refractivity contribution in [3.05, 3.63) is 198 Å². The van der Waals surface area contributed by atoms with Gasteiger partial charge in [-0.3, -0.25) is 4.57 Å². The van der Waals surface area contributed by atoms with Gasteiger partial charge >= 0.3 is 5.97 Å². The van der Waals surface area contributed by atoms with Gasteiger partial charge in [-0.2, -0.15) is 0 Å². The Balaban J connectivity index is 1.15. The van der Waals surface area contributed by atoms with Crippen LogP contribution in [0.4, 0.5) is 4.39 Å². The molecule has 4 atom stereocenters. The zero-order valence-corrected chi connectivity index (χ0v) is 28.8. The van der Waals surface area contributed by atoms with Crippen molar-refractivity contribution in [1.29, 1.82) is 0 Å². The second-order valence-electron chi connectivity index (χ2n) is 13.0. The van der Waals surface area contributed by atoms with Gasteiger partial charge in [-0.05, 0) is 47.2 Å². The molecule has 0 spiro atoms. The lowest BCUT2D eigenvalue weighted by Crippen LogP contribution is -2.41. The second kappa shape index (κ2) is 15.3. The number of benzene rings is 5. The molecule has 0 radical (unpaired) electrons. The molecule has 3 heterocycles. The summed E-state index contributed by atoms with van der Waals surface area (Å²) in [5.74, 6) is -0.658. The number of imidazole rings is 1. The zero-order chi connectivity index (χ0) is 36.0. The van der Waals surface area contributed by atoms with Crippen LogP contribution in [0, 0.1) is 0 Å². The molecule has 53 heavy (non-hydrogen) atoms. The van der Waals surface area contributed by atoms with Crippen LogP contribution in [0.25, 0.3) is 11.2 Å². The van der Waals surface area contributed by atoms with Crippen molar-refractivity contribution in [2.75, 3.05) is 6.61 Å². The van der Waals surface area contributed by atoms with E-state index in [1.807, 2.05) is 109 Å². The van der Waals surface area contributed by atoms with E-state index in [2.05, 4.69) is 27.1 Å². The highest BCUT2D eigenvalue weighted by atomic mass is 19.1. The molecule has 0 amide bonds. The fourth-order valence-electron chi connectivity index (χ4n) is 7.11. The van der Waals surface area contributed by atoms with Crippen LogP contribution in [-0.4, -0.2) is 50.5 Å². The maximum atomic E-state index is 17.0. The van der Waals surface area contributed by atoms with E-state index in [0.717, 1.165) is 28.8 Å². The van der Waals surface area contributed by atoms with Crippen LogP contribution in [0.3, 0.4) is 0 Å². The summed E-state index contributed by atoms with van der Waals surface area (Å²) in [6.07, 6.45) is -0.948. The summed E-state index contributed by atoms with van der Waals surface area (Å²) >= 11 is 0. The first-order valence-corrected chi connectivity index (χ1v) is 17.7. The maximum absolute atomic E-state index is 17.0. The summed E-state index contributed by atoms with van der Waals surface area (Å²) in [7, 11) is 0. The van der Waals surface area contributed by atoms with Crippen LogP contribution < -0.4 is 0 Å². The minimum absolute atomic E-state index is 0.119. The number of fused-ring (bicyclic) bond motifs is 1. The van der Waals surface area contributed by atoms with Gasteiger partial charge in [0.05, 0.1) is 24.2 Å². The lowest BCUT2D eigenvalue weighted by molar-refractivity contribution is -0.0957. The predicted octanol–water partition coefficient (Wildman–Crippen LogP) is 8.08. The number of rotatable bonds is 12. The third-order valence-corrected chi connectivity index (χ3v) is 9.73. The Hall–Kier alpha value is -6.03. The van der Waals surface area contributed by atoms with Gasteiger partial charge in [-0.1, -0.05) is 140 Å². The molecule has 264 valence electrons. The standard InChI is InChI=1S/C44H37FN4O4/c45-38-40(53-43(50)32-18-8-2-9-19-32)37(52-42(38)49-30-48-39-36(46-29-47-41(39)49)27-26-31-16-6-1-7-17-31)28-51-44(33-20-10-3-11-21-33,34-22-12-4-13-23-34)35-24-14-5-15-25-35/h1-25,29-30,37-38,40,42H,26-28H2/t37-,38-,40+,42+/m0/s1. The lowest BCUT2D eigenvalue weighted by atomic mass is 9.80. The molecule has 1 fully saturated rings. The number of aromatic nitrogens is 4. The molecular weight excluding hydrogens is 668 g/mol. The summed E-state index contributed by atoms with van der Waals surface area (Å²) in [4.78, 5) is 27.1. The summed E-state index contributed by atoms with van der Waals surface area (Å²) in [6.45, 7) is -0.119. The third kappa shape index (κ3) is 6.84. The molecule has 7 aromatic rings. The Bertz CT molecular complexity index is 2160. The van der Waals surface area contributed by atoms with Gasteiger partial charge in [0.2, 0.25) is 0 Å². The predicted molar refractivity (Wildman–Crippen MR) is 199 cm³/mol. The minimum atomic E-state index is -1.78. The first kappa shape index (κ1) is 34.1. The first-order valence-electron chi connectivity index (χ1n) is 17.7. The largest absolute Gasteiger partial charge is 0.453 e. The van der Waals surface area contributed by atoms with E-state index >= 15 is 4.39 Å². The highest BCUT2D eigenvalue weighted by molar-refractivity contribution is 5.89. The molecule has 0 bridgehead atoms. The third-order valence-electron chi connectivity index (χ3n) is 9.73. The monoisotopic (exact) mass is 704 g/mol. The van der Waals surface area contributed by atoms with Gasteiger partial charge in [0.25, 0.3) is 0 Å². The normalized spacial score (nSPS) is 18.6. The molecule has 0 N–H and O–H groups in total. The van der Waals surface area contributed by atoms with Crippen molar-refractivity contribution < 1.29 is 23.4 Å². The molecule has 8 rings (SSSR count).